The molecule has 1 amide bonds. The number of amides is 1. The molecule has 2 aromatic rings. The number of benzene rings is 1. The number of carbonyl (C=O) groups is 1. The lowest BCUT2D eigenvalue weighted by Gasteiger charge is -2.39. The van der Waals surface area contributed by atoms with E-state index in [-0.39, 0.29) is 17.8 Å². The van der Waals surface area contributed by atoms with Crippen LogP contribution in [0.25, 0.3) is 10.9 Å². The van der Waals surface area contributed by atoms with Gasteiger partial charge in [-0.2, -0.15) is 0 Å². The molecule has 0 saturated carbocycles. The largest absolute Gasteiger partial charge is 0.341 e. The van der Waals surface area contributed by atoms with Gasteiger partial charge in [-0.05, 0) is 43.9 Å². The van der Waals surface area contributed by atoms with Crippen molar-refractivity contribution in [2.24, 2.45) is 0 Å². The van der Waals surface area contributed by atoms with E-state index in [1.165, 1.54) is 27.7 Å². The molecule has 0 fully saturated rings. The van der Waals surface area contributed by atoms with Crippen LogP contribution in [0.15, 0.2) is 18.2 Å². The lowest BCUT2D eigenvalue weighted by atomic mass is 9.89. The number of aryl methyl sites for hydroxylation is 2. The van der Waals surface area contributed by atoms with E-state index >= 15 is 0 Å². The molecule has 4 heteroatoms. The zero-order valence-electron chi connectivity index (χ0n) is 12.2. The SMILES string of the molecule is Cc1ccc2c(c1)c1c3n2CCN(C(=O)CCl)[C@H]3CCC1. The number of carbonyl (C=O) groups excluding carboxylic acids is 1. The van der Waals surface area contributed by atoms with Gasteiger partial charge in [-0.1, -0.05) is 11.6 Å². The molecule has 1 aromatic carbocycles. The van der Waals surface area contributed by atoms with Gasteiger partial charge in [-0.15, -0.1) is 11.6 Å². The molecule has 0 saturated heterocycles. The molecule has 1 aliphatic carbocycles. The van der Waals surface area contributed by atoms with Crippen LogP contribution in [-0.2, 0) is 17.8 Å². The maximum atomic E-state index is 12.1. The fourth-order valence-electron chi connectivity index (χ4n) is 4.09. The van der Waals surface area contributed by atoms with E-state index in [1.807, 2.05) is 4.90 Å². The van der Waals surface area contributed by atoms with Crippen molar-refractivity contribution in [1.29, 1.82) is 0 Å². The summed E-state index contributed by atoms with van der Waals surface area (Å²) in [6.45, 7) is 3.81. The Morgan fingerprint density at radius 2 is 2.24 bits per heavy atom. The molecule has 2 aliphatic rings. The van der Waals surface area contributed by atoms with E-state index in [1.54, 1.807) is 0 Å². The van der Waals surface area contributed by atoms with E-state index in [0.29, 0.717) is 0 Å². The predicted molar refractivity (Wildman–Crippen MR) is 84.8 cm³/mol. The average Bonchev–Trinajstić information content (AvgIpc) is 2.83. The highest BCUT2D eigenvalue weighted by atomic mass is 35.5. The van der Waals surface area contributed by atoms with Crippen LogP contribution >= 0.6 is 11.6 Å². The Kier molecular flexibility index (Phi) is 3.00. The summed E-state index contributed by atoms with van der Waals surface area (Å²) in [4.78, 5) is 14.1. The van der Waals surface area contributed by atoms with Gasteiger partial charge in [0.05, 0.1) is 6.04 Å². The molecule has 0 unspecified atom stereocenters. The van der Waals surface area contributed by atoms with Crippen molar-refractivity contribution in [1.82, 2.24) is 9.47 Å². The molecule has 21 heavy (non-hydrogen) atoms. The topological polar surface area (TPSA) is 25.2 Å². The molecule has 0 radical (unpaired) electrons. The summed E-state index contributed by atoms with van der Waals surface area (Å²) < 4.78 is 2.44. The standard InChI is InChI=1S/C17H19ClN2O/c1-11-5-6-14-13(9-11)12-3-2-4-15-17(12)20(14)8-7-19(15)16(21)10-18/h5-6,9,15H,2-4,7-8,10H2,1H3/t15-/m0/s1. The number of alkyl halides is 1. The molecular weight excluding hydrogens is 284 g/mol. The summed E-state index contributed by atoms with van der Waals surface area (Å²) in [7, 11) is 0. The van der Waals surface area contributed by atoms with Gasteiger partial charge in [0.15, 0.2) is 0 Å². The highest BCUT2D eigenvalue weighted by Gasteiger charge is 2.36. The van der Waals surface area contributed by atoms with Crippen LogP contribution in [0, 0.1) is 6.92 Å². The van der Waals surface area contributed by atoms with Crippen LogP contribution in [0.2, 0.25) is 0 Å². The van der Waals surface area contributed by atoms with Crippen molar-refractivity contribution in [3.63, 3.8) is 0 Å². The number of hydrogen-bond donors (Lipinski definition) is 0. The van der Waals surface area contributed by atoms with Crippen molar-refractivity contribution in [2.45, 2.75) is 38.8 Å². The van der Waals surface area contributed by atoms with Crippen LogP contribution in [0.3, 0.4) is 0 Å². The van der Waals surface area contributed by atoms with Gasteiger partial charge < -0.3 is 9.47 Å². The maximum absolute atomic E-state index is 12.1. The Balaban J connectivity index is 1.94. The molecule has 110 valence electrons. The lowest BCUT2D eigenvalue weighted by Crippen LogP contribution is -2.43. The molecule has 0 spiro atoms. The minimum absolute atomic E-state index is 0.0715. The molecule has 0 N–H and O–H groups in total. The zero-order valence-corrected chi connectivity index (χ0v) is 13.0. The molecule has 1 aromatic heterocycles. The summed E-state index contributed by atoms with van der Waals surface area (Å²) in [5.74, 6) is 0.160. The molecular formula is C17H19ClN2O. The number of rotatable bonds is 1. The molecule has 1 atom stereocenters. The second-order valence-corrected chi connectivity index (χ2v) is 6.43. The predicted octanol–water partition coefficient (Wildman–Crippen LogP) is 3.41. The fraction of sp³-hybridized carbons (Fsp3) is 0.471. The molecule has 0 bridgehead atoms. The van der Waals surface area contributed by atoms with Crippen molar-refractivity contribution in [3.05, 3.63) is 35.0 Å². The van der Waals surface area contributed by atoms with E-state index in [9.17, 15) is 4.79 Å². The summed E-state index contributed by atoms with van der Waals surface area (Å²) in [5.41, 5.74) is 5.46. The third-order valence-electron chi connectivity index (χ3n) is 4.96. The van der Waals surface area contributed by atoms with Crippen molar-refractivity contribution < 1.29 is 4.79 Å². The summed E-state index contributed by atoms with van der Waals surface area (Å²) in [6.07, 6.45) is 3.34. The van der Waals surface area contributed by atoms with Gasteiger partial charge in [0, 0.05) is 29.7 Å². The van der Waals surface area contributed by atoms with Crippen LogP contribution < -0.4 is 0 Å². The zero-order chi connectivity index (χ0) is 14.6. The van der Waals surface area contributed by atoms with E-state index in [0.717, 1.165) is 32.4 Å². The molecule has 4 rings (SSSR count). The molecule has 1 aliphatic heterocycles. The second-order valence-electron chi connectivity index (χ2n) is 6.16. The van der Waals surface area contributed by atoms with Crippen molar-refractivity contribution in [3.8, 4) is 0 Å². The van der Waals surface area contributed by atoms with Crippen LogP contribution in [0.1, 0.15) is 35.7 Å². The van der Waals surface area contributed by atoms with E-state index < -0.39 is 0 Å². The molecule has 2 heterocycles. The van der Waals surface area contributed by atoms with E-state index in [4.69, 9.17) is 11.6 Å². The first kappa shape index (κ1) is 13.2. The maximum Gasteiger partial charge on any atom is 0.238 e. The Morgan fingerprint density at radius 3 is 3.05 bits per heavy atom. The number of nitrogens with zero attached hydrogens (tertiary/aromatic N) is 2. The number of halogens is 1. The summed E-state index contributed by atoms with van der Waals surface area (Å²) in [6, 6.07) is 6.94. The van der Waals surface area contributed by atoms with Gasteiger partial charge in [-0.25, -0.2) is 0 Å². The molecule has 3 nitrogen and oxygen atoms in total. The minimum Gasteiger partial charge on any atom is -0.341 e. The first-order chi connectivity index (χ1) is 10.2. The highest BCUT2D eigenvalue weighted by Crippen LogP contribution is 2.42. The first-order valence-corrected chi connectivity index (χ1v) is 8.21. The van der Waals surface area contributed by atoms with Crippen LogP contribution in [0.5, 0.6) is 0 Å². The van der Waals surface area contributed by atoms with Gasteiger partial charge in [0.2, 0.25) is 5.91 Å². The van der Waals surface area contributed by atoms with E-state index in [2.05, 4.69) is 29.7 Å². The second kappa shape index (κ2) is 4.77. The van der Waals surface area contributed by atoms with Crippen molar-refractivity contribution in [2.75, 3.05) is 12.4 Å². The third-order valence-corrected chi connectivity index (χ3v) is 5.19. The van der Waals surface area contributed by atoms with Gasteiger partial charge >= 0.3 is 0 Å². The number of fused-ring (bicyclic) bond motifs is 3. The third kappa shape index (κ3) is 1.83. The first-order valence-electron chi connectivity index (χ1n) is 7.67. The van der Waals surface area contributed by atoms with Crippen LogP contribution in [0.4, 0.5) is 0 Å². The number of hydrogen-bond acceptors (Lipinski definition) is 1. The Labute approximate surface area is 129 Å². The number of aromatic nitrogens is 1. The van der Waals surface area contributed by atoms with Gasteiger partial charge in [0.1, 0.15) is 5.88 Å². The normalized spacial score (nSPS) is 20.7. The minimum atomic E-state index is 0.0715. The van der Waals surface area contributed by atoms with Crippen LogP contribution in [-0.4, -0.2) is 27.8 Å². The Hall–Kier alpha value is -1.48. The smallest absolute Gasteiger partial charge is 0.238 e. The summed E-state index contributed by atoms with van der Waals surface area (Å²) >= 11 is 5.79. The fourth-order valence-corrected chi connectivity index (χ4v) is 4.25. The van der Waals surface area contributed by atoms with Gasteiger partial charge in [-0.3, -0.25) is 4.79 Å². The quantitative estimate of drug-likeness (QED) is 0.741. The van der Waals surface area contributed by atoms with Gasteiger partial charge in [0.25, 0.3) is 0 Å². The monoisotopic (exact) mass is 302 g/mol. The summed E-state index contributed by atoms with van der Waals surface area (Å²) in [5, 5.41) is 1.38. The van der Waals surface area contributed by atoms with Crippen molar-refractivity contribution >= 4 is 28.4 Å². The Bertz CT molecular complexity index is 734. The highest BCUT2D eigenvalue weighted by molar-refractivity contribution is 6.27. The Morgan fingerprint density at radius 1 is 1.38 bits per heavy atom. The lowest BCUT2D eigenvalue weighted by molar-refractivity contribution is -0.132. The average molecular weight is 303 g/mol.